The number of sulfone groups is 1. The first-order chi connectivity index (χ1) is 13.5. The molecular weight excluding hydrogens is 388 g/mol. The fourth-order valence-corrected chi connectivity index (χ4v) is 3.53. The summed E-state index contributed by atoms with van der Waals surface area (Å²) < 4.78 is 23.6. The molecule has 0 saturated heterocycles. The first-order valence-corrected chi connectivity index (χ1v) is 11.2. The zero-order valence-electron chi connectivity index (χ0n) is 17.3. The van der Waals surface area contributed by atoms with Crippen LogP contribution in [0.1, 0.15) is 50.0 Å². The highest BCUT2D eigenvalue weighted by atomic mass is 32.2. The second-order valence-electron chi connectivity index (χ2n) is 7.81. The van der Waals surface area contributed by atoms with E-state index in [9.17, 15) is 18.0 Å². The first kappa shape index (κ1) is 22.6. The number of benzene rings is 2. The van der Waals surface area contributed by atoms with E-state index in [0.29, 0.717) is 11.3 Å². The first-order valence-electron chi connectivity index (χ1n) is 9.54. The molecule has 0 bridgehead atoms. The third-order valence-corrected chi connectivity index (χ3v) is 6.28. The molecule has 7 heteroatoms. The van der Waals surface area contributed by atoms with Crippen molar-refractivity contribution in [2.75, 3.05) is 17.6 Å². The van der Waals surface area contributed by atoms with Gasteiger partial charge in [-0.25, -0.2) is 8.42 Å². The maximum absolute atomic E-state index is 12.2. The van der Waals surface area contributed by atoms with Crippen LogP contribution in [0.5, 0.6) is 0 Å². The highest BCUT2D eigenvalue weighted by Gasteiger charge is 2.15. The van der Waals surface area contributed by atoms with Gasteiger partial charge >= 0.3 is 0 Å². The Kier molecular flexibility index (Phi) is 7.19. The fraction of sp³-hybridized carbons (Fsp3) is 0.364. The van der Waals surface area contributed by atoms with E-state index in [1.54, 1.807) is 31.2 Å². The summed E-state index contributed by atoms with van der Waals surface area (Å²) in [5, 5.41) is 5.42. The summed E-state index contributed by atoms with van der Waals surface area (Å²) in [6.07, 6.45) is 0.112. The molecule has 2 aromatic carbocycles. The monoisotopic (exact) mass is 416 g/mol. The highest BCUT2D eigenvalue weighted by Crippen LogP contribution is 2.22. The lowest BCUT2D eigenvalue weighted by Gasteiger charge is -2.19. The van der Waals surface area contributed by atoms with Gasteiger partial charge in [0.2, 0.25) is 5.91 Å². The van der Waals surface area contributed by atoms with E-state index >= 15 is 0 Å². The lowest BCUT2D eigenvalue weighted by molar-refractivity contribution is -0.116. The molecule has 2 aromatic rings. The molecule has 6 nitrogen and oxygen atoms in total. The Morgan fingerprint density at radius 1 is 0.931 bits per heavy atom. The fourth-order valence-electron chi connectivity index (χ4n) is 2.65. The number of hydrogen-bond donors (Lipinski definition) is 2. The van der Waals surface area contributed by atoms with Crippen LogP contribution < -0.4 is 10.6 Å². The molecule has 0 radical (unpaired) electrons. The molecule has 156 valence electrons. The average Bonchev–Trinajstić information content (AvgIpc) is 2.67. The van der Waals surface area contributed by atoms with Crippen LogP contribution in [0.15, 0.2) is 53.4 Å². The Morgan fingerprint density at radius 3 is 2.03 bits per heavy atom. The predicted molar refractivity (Wildman–Crippen MR) is 115 cm³/mol. The zero-order valence-corrected chi connectivity index (χ0v) is 18.1. The predicted octanol–water partition coefficient (Wildman–Crippen LogP) is 3.54. The van der Waals surface area contributed by atoms with Crippen molar-refractivity contribution in [2.24, 2.45) is 0 Å². The number of nitrogens with one attached hydrogen (secondary N) is 2. The lowest BCUT2D eigenvalue weighted by Crippen LogP contribution is -2.27. The number of anilines is 1. The summed E-state index contributed by atoms with van der Waals surface area (Å²) >= 11 is 0. The van der Waals surface area contributed by atoms with E-state index in [4.69, 9.17) is 0 Å². The van der Waals surface area contributed by atoms with Gasteiger partial charge in [-0.2, -0.15) is 0 Å². The molecule has 0 atom stereocenters. The van der Waals surface area contributed by atoms with E-state index in [2.05, 4.69) is 31.4 Å². The molecule has 2 rings (SSSR count). The van der Waals surface area contributed by atoms with Gasteiger partial charge in [0, 0.05) is 24.2 Å². The van der Waals surface area contributed by atoms with Crippen molar-refractivity contribution in [2.45, 2.75) is 44.4 Å². The van der Waals surface area contributed by atoms with Crippen LogP contribution in [0.4, 0.5) is 5.69 Å². The van der Waals surface area contributed by atoms with Gasteiger partial charge in [-0.1, -0.05) is 39.8 Å². The van der Waals surface area contributed by atoms with Crippen LogP contribution in [0.3, 0.4) is 0 Å². The molecule has 0 aliphatic heterocycles. The minimum atomic E-state index is -3.26. The summed E-state index contributed by atoms with van der Waals surface area (Å²) in [5.41, 5.74) is 2.22. The summed E-state index contributed by atoms with van der Waals surface area (Å²) in [4.78, 5) is 24.5. The maximum Gasteiger partial charge on any atom is 0.251 e. The number of rotatable bonds is 7. The second kappa shape index (κ2) is 9.22. The van der Waals surface area contributed by atoms with Gasteiger partial charge in [0.1, 0.15) is 0 Å². The van der Waals surface area contributed by atoms with Gasteiger partial charge in [-0.05, 0) is 47.4 Å². The van der Waals surface area contributed by atoms with Crippen molar-refractivity contribution in [3.63, 3.8) is 0 Å². The van der Waals surface area contributed by atoms with Crippen molar-refractivity contribution in [3.8, 4) is 0 Å². The average molecular weight is 417 g/mol. The van der Waals surface area contributed by atoms with Gasteiger partial charge in [0.05, 0.1) is 10.6 Å². The number of carbonyl (C=O) groups excluding carboxylic acids is 2. The Balaban J connectivity index is 1.83. The van der Waals surface area contributed by atoms with Gasteiger partial charge in [-0.3, -0.25) is 9.59 Å². The highest BCUT2D eigenvalue weighted by molar-refractivity contribution is 7.91. The van der Waals surface area contributed by atoms with Crippen LogP contribution in [0.25, 0.3) is 0 Å². The Morgan fingerprint density at radius 2 is 1.52 bits per heavy atom. The Labute approximate surface area is 172 Å². The molecule has 2 amide bonds. The molecule has 0 fully saturated rings. The Bertz CT molecular complexity index is 957. The third kappa shape index (κ3) is 6.42. The second-order valence-corrected chi connectivity index (χ2v) is 10.1. The van der Waals surface area contributed by atoms with Crippen LogP contribution >= 0.6 is 0 Å². The van der Waals surface area contributed by atoms with Crippen LogP contribution in [0, 0.1) is 0 Å². The van der Waals surface area contributed by atoms with Crippen molar-refractivity contribution < 1.29 is 18.0 Å². The van der Waals surface area contributed by atoms with E-state index in [0.717, 1.165) is 5.56 Å². The normalized spacial score (nSPS) is 11.7. The van der Waals surface area contributed by atoms with E-state index in [1.807, 2.05) is 12.1 Å². The summed E-state index contributed by atoms with van der Waals surface area (Å²) in [7, 11) is -3.26. The Hall–Kier alpha value is -2.67. The van der Waals surface area contributed by atoms with Crippen LogP contribution in [-0.2, 0) is 20.0 Å². The van der Waals surface area contributed by atoms with Gasteiger partial charge < -0.3 is 10.6 Å². The SMILES string of the molecule is CCS(=O)(=O)c1ccc(NC(=O)CCNC(=O)c2ccc(C(C)(C)C)cc2)cc1. The lowest BCUT2D eigenvalue weighted by atomic mass is 9.87. The van der Waals surface area contributed by atoms with Crippen molar-refractivity contribution in [1.82, 2.24) is 5.32 Å². The van der Waals surface area contributed by atoms with Crippen LogP contribution in [0.2, 0.25) is 0 Å². The summed E-state index contributed by atoms with van der Waals surface area (Å²) in [5.74, 6) is -0.469. The largest absolute Gasteiger partial charge is 0.352 e. The van der Waals surface area contributed by atoms with Crippen molar-refractivity contribution >= 4 is 27.3 Å². The third-order valence-electron chi connectivity index (χ3n) is 4.53. The standard InChI is InChI=1S/C22H28N2O4S/c1-5-29(27,28)19-12-10-18(11-13-19)24-20(25)14-15-23-21(26)16-6-8-17(9-7-16)22(2,3)4/h6-13H,5,14-15H2,1-4H3,(H,23,26)(H,24,25). The van der Waals surface area contributed by atoms with Crippen molar-refractivity contribution in [3.05, 3.63) is 59.7 Å². The molecule has 0 unspecified atom stereocenters. The van der Waals surface area contributed by atoms with E-state index in [-0.39, 0.29) is 40.8 Å². The number of amides is 2. The van der Waals surface area contributed by atoms with Crippen molar-refractivity contribution in [1.29, 1.82) is 0 Å². The molecule has 0 saturated carbocycles. The molecule has 2 N–H and O–H groups in total. The number of carbonyl (C=O) groups is 2. The minimum absolute atomic E-state index is 0.0199. The molecule has 0 spiro atoms. The molecular formula is C22H28N2O4S. The van der Waals surface area contributed by atoms with Crippen LogP contribution in [-0.4, -0.2) is 32.5 Å². The molecule has 0 aliphatic carbocycles. The molecule has 0 heterocycles. The topological polar surface area (TPSA) is 92.3 Å². The quantitative estimate of drug-likeness (QED) is 0.722. The minimum Gasteiger partial charge on any atom is -0.352 e. The summed E-state index contributed by atoms with van der Waals surface area (Å²) in [6, 6.07) is 13.5. The zero-order chi connectivity index (χ0) is 21.7. The van der Waals surface area contributed by atoms with E-state index < -0.39 is 9.84 Å². The molecule has 0 aromatic heterocycles. The summed E-state index contributed by atoms with van der Waals surface area (Å²) in [6.45, 7) is 8.11. The van der Waals surface area contributed by atoms with Gasteiger partial charge in [-0.15, -0.1) is 0 Å². The molecule has 29 heavy (non-hydrogen) atoms. The maximum atomic E-state index is 12.2. The smallest absolute Gasteiger partial charge is 0.251 e. The van der Waals surface area contributed by atoms with Gasteiger partial charge in [0.15, 0.2) is 9.84 Å². The molecule has 0 aliphatic rings. The number of hydrogen-bond acceptors (Lipinski definition) is 4. The van der Waals surface area contributed by atoms with E-state index in [1.165, 1.54) is 12.1 Å². The van der Waals surface area contributed by atoms with Gasteiger partial charge in [0.25, 0.3) is 5.91 Å².